The molecule has 113 heavy (non-hydrogen) atoms. The second-order valence-corrected chi connectivity index (χ2v) is 28.8. The number of primary amides is 2. The molecule has 0 heterocycles. The molecule has 0 aliphatic carbocycles. The number of carboxylic acids is 4. The highest BCUT2D eigenvalue weighted by Crippen LogP contribution is 2.13. The first-order valence-corrected chi connectivity index (χ1v) is 37.8. The molecule has 48 heteroatoms. The lowest BCUT2D eigenvalue weighted by Gasteiger charge is -2.29. The molecule has 16 amide bonds. The number of amides is 16. The van der Waals surface area contributed by atoms with Gasteiger partial charge in [-0.1, -0.05) is 55.4 Å². The van der Waals surface area contributed by atoms with Gasteiger partial charge in [-0.2, -0.15) is 50.5 Å². The maximum Gasteiger partial charge on any atom is 0.326 e. The van der Waals surface area contributed by atoms with Crippen molar-refractivity contribution >= 4 is 175 Å². The standard InChI is InChI=1S/C65H108N18O26S4/c1-26(2)15-35(73-53(96)33(11-13-46(89)90)72-59(102)40(23-111)77-54(97)34(12-14-47(91)92)71-58(101)38(19-48(93)94)83-82-37(18-44(67)87)57(100)75-39(65(108)109)16-27(3)4)55(98)78-42(25-113)60(103)80-50(29(7)8)64(107)74-36(17-43(66)86)56(99)79-49(28(5)6)63(106)69-30(9)52(95)76-41(24-112)61(104)81-51(31(10)85)62(105)68-20-45(88)70-32(21-84)22-110/h21,26-42,49-51,82-83,85,110-113H,11-20,22-25H2,1-10H3,(H2,66,86)(H2,67,87)(H,68,105)(H,69,106)(H,70,88)(H,71,101)(H,72,102)(H,73,96)(H,74,107)(H,75,100)(H,76,95)(H,77,97)(H,78,98)(H,79,99)(H,80,103)(H,81,104)(H,89,90)(H,91,92)(H,93,94)(H,108,109)/t30-,31+,32+,33-,34-,35?,36-,37?,38?,39-,40?,41?,42-,49?,50?,51-/m0/s1/i21D. The van der Waals surface area contributed by atoms with Crippen LogP contribution in [-0.2, 0) is 101 Å². The van der Waals surface area contributed by atoms with E-state index in [9.17, 15) is 126 Å². The maximum atomic E-state index is 14.2. The summed E-state index contributed by atoms with van der Waals surface area (Å²) in [6.07, 6.45) is -8.97. The first kappa shape index (κ1) is 101. The van der Waals surface area contributed by atoms with Crippen molar-refractivity contribution in [3.8, 4) is 0 Å². The van der Waals surface area contributed by atoms with Gasteiger partial charge in [0.2, 0.25) is 94.5 Å². The summed E-state index contributed by atoms with van der Waals surface area (Å²) in [6.45, 7) is 13.9. The van der Waals surface area contributed by atoms with E-state index >= 15 is 0 Å². The normalized spacial score (nSPS) is 15.5. The molecule has 0 saturated carbocycles. The SMILES string of the molecule is [2H]C(=O)[C@H](CS)NC(=O)CNC(=O)[C@@H](NC(=O)C(CS)NC(=O)[C@H](C)NC(=O)C(NC(=O)[C@H](CC(N)=O)NC(=O)C(NC(=O)[C@H](CS)NC(=O)C(CC(C)C)NC(=O)[C@H](CCC(=O)O)NC(=O)C(CS)NC(=O)[C@H](CCC(=O)O)NC(=O)C(CC(=O)O)NNC(CC(N)=O)C(=O)N[C@@H](CC(C)C)C(=O)O)C(C)C)C(C)C)[C@@H](C)O. The Morgan fingerprint density at radius 1 is 0.363 bits per heavy atom. The fraction of sp³-hybridized carbons (Fsp3) is 0.677. The summed E-state index contributed by atoms with van der Waals surface area (Å²) in [7, 11) is 0. The van der Waals surface area contributed by atoms with Gasteiger partial charge >= 0.3 is 23.9 Å². The van der Waals surface area contributed by atoms with Gasteiger partial charge in [0.05, 0.1) is 38.0 Å². The Hall–Kier alpha value is -9.65. The molecule has 0 aromatic carbocycles. The number of nitrogens with one attached hydrogen (secondary N) is 16. The van der Waals surface area contributed by atoms with Crippen LogP contribution in [0.2, 0.25) is 0 Å². The van der Waals surface area contributed by atoms with E-state index in [1.54, 1.807) is 27.7 Å². The molecular weight excluding hydrogens is 1580 g/mol. The average Bonchev–Trinajstić information content (AvgIpc) is 0.854. The second-order valence-electron chi connectivity index (χ2n) is 27.4. The molecule has 0 rings (SSSR count). The molecule has 0 bridgehead atoms. The van der Waals surface area contributed by atoms with E-state index in [1.165, 1.54) is 34.6 Å². The summed E-state index contributed by atoms with van der Waals surface area (Å²) in [6, 6.07) is -25.0. The van der Waals surface area contributed by atoms with E-state index in [-0.39, 0.29) is 24.5 Å². The summed E-state index contributed by atoms with van der Waals surface area (Å²) in [4.78, 5) is 274. The minimum Gasteiger partial charge on any atom is -0.481 e. The number of hydrogen-bond acceptors (Lipinski definition) is 28. The number of aliphatic carboxylic acids is 4. The molecule has 0 saturated heterocycles. The zero-order valence-electron chi connectivity index (χ0n) is 64.7. The quantitative estimate of drug-likeness (QED) is 0.0153. The number of carbonyl (C=O) groups is 21. The Morgan fingerprint density at radius 2 is 0.690 bits per heavy atom. The van der Waals surface area contributed by atoms with Crippen molar-refractivity contribution in [2.45, 2.75) is 224 Å². The largest absolute Gasteiger partial charge is 0.481 e. The minimum atomic E-state index is -1.96. The van der Waals surface area contributed by atoms with Crippen LogP contribution in [0.4, 0.5) is 0 Å². The van der Waals surface area contributed by atoms with E-state index in [0.717, 1.165) is 6.92 Å². The monoisotopic (exact) mass is 1690 g/mol. The van der Waals surface area contributed by atoms with E-state index in [4.69, 9.17) is 12.8 Å². The number of aldehydes is 1. The molecule has 0 radical (unpaired) electrons. The van der Waals surface area contributed by atoms with Crippen LogP contribution in [0.25, 0.3) is 0 Å². The number of rotatable bonds is 56. The molecular formula is C65H108N18O26S4. The number of aliphatic hydroxyl groups is 1. The van der Waals surface area contributed by atoms with Gasteiger partial charge in [-0.3, -0.25) is 91.1 Å². The zero-order valence-corrected chi connectivity index (χ0v) is 67.3. The third-order valence-electron chi connectivity index (χ3n) is 15.9. The Balaban J connectivity index is 6.66. The fourth-order valence-corrected chi connectivity index (χ4v) is 10.8. The van der Waals surface area contributed by atoms with Gasteiger partial charge in [-0.15, -0.1) is 0 Å². The molecule has 0 fully saturated rings. The van der Waals surface area contributed by atoms with E-state index in [0.29, 0.717) is 0 Å². The van der Waals surface area contributed by atoms with E-state index in [1.807, 2.05) is 0 Å². The lowest BCUT2D eigenvalue weighted by Crippen LogP contribution is -2.62. The fourth-order valence-electron chi connectivity index (χ4n) is 9.89. The van der Waals surface area contributed by atoms with E-state index in [2.05, 4.69) is 136 Å². The van der Waals surface area contributed by atoms with Crippen LogP contribution < -0.4 is 96.8 Å². The molecule has 0 aliphatic heterocycles. The van der Waals surface area contributed by atoms with Crippen molar-refractivity contribution in [1.82, 2.24) is 85.3 Å². The van der Waals surface area contributed by atoms with Gasteiger partial charge in [0.1, 0.15) is 92.2 Å². The zero-order chi connectivity index (χ0) is 87.9. The highest BCUT2D eigenvalue weighted by Gasteiger charge is 2.39. The number of hydrogen-bond donors (Lipinski definition) is 27. The Bertz CT molecular complexity index is 3440. The molecule has 25 N–H and O–H groups in total. The third kappa shape index (κ3) is 40.1. The van der Waals surface area contributed by atoms with Crippen LogP contribution in [0.5, 0.6) is 0 Å². The molecule has 44 nitrogen and oxygen atoms in total. The van der Waals surface area contributed by atoms with Gasteiger partial charge in [0.25, 0.3) is 0 Å². The highest BCUT2D eigenvalue weighted by molar-refractivity contribution is 7.80. The summed E-state index contributed by atoms with van der Waals surface area (Å²) in [5, 5.41) is 80.9. The number of carbonyl (C=O) groups excluding carboxylic acids is 17. The summed E-state index contributed by atoms with van der Waals surface area (Å²) in [5.41, 5.74) is 15.3. The maximum absolute atomic E-state index is 14.2. The smallest absolute Gasteiger partial charge is 0.326 e. The van der Waals surface area contributed by atoms with Crippen LogP contribution in [0, 0.1) is 23.7 Å². The molecule has 0 aliphatic rings. The number of hydrazine groups is 1. The molecule has 0 aromatic rings. The van der Waals surface area contributed by atoms with Crippen molar-refractivity contribution < 1.29 is 128 Å². The van der Waals surface area contributed by atoms with Crippen molar-refractivity contribution in [2.24, 2.45) is 35.1 Å². The second kappa shape index (κ2) is 52.6. The van der Waals surface area contributed by atoms with Crippen molar-refractivity contribution in [3.05, 3.63) is 0 Å². The molecule has 7 unspecified atom stereocenters. The predicted molar refractivity (Wildman–Crippen MR) is 411 cm³/mol. The van der Waals surface area contributed by atoms with Gasteiger partial charge in [-0.05, 0) is 63.2 Å². The number of thiol groups is 4. The van der Waals surface area contributed by atoms with E-state index < -0.39 is 308 Å². The van der Waals surface area contributed by atoms with Crippen LogP contribution in [0.15, 0.2) is 0 Å². The first-order valence-electron chi connectivity index (χ1n) is 35.7. The average molecular weight is 1690 g/mol. The molecule has 638 valence electrons. The number of carboxylic acid groups (broad SMARTS) is 4. The Labute approximate surface area is 673 Å². The lowest BCUT2D eigenvalue weighted by molar-refractivity contribution is -0.143. The van der Waals surface area contributed by atoms with Crippen LogP contribution in [0.3, 0.4) is 0 Å². The van der Waals surface area contributed by atoms with Crippen LogP contribution >= 0.6 is 50.5 Å². The van der Waals surface area contributed by atoms with Gasteiger partial charge in [0, 0.05) is 35.9 Å². The van der Waals surface area contributed by atoms with Gasteiger partial charge < -0.3 is 116 Å². The third-order valence-corrected chi connectivity index (χ3v) is 17.4. The topological polar surface area (TPSA) is 704 Å². The summed E-state index contributed by atoms with van der Waals surface area (Å²) in [5.74, 6) is -28.2. The lowest BCUT2D eigenvalue weighted by atomic mass is 10.00. The van der Waals surface area contributed by atoms with Crippen LogP contribution in [-0.4, -0.2) is 276 Å². The number of aliphatic hydroxyl groups excluding tert-OH is 1. The summed E-state index contributed by atoms with van der Waals surface area (Å²) >= 11 is 16.3. The van der Waals surface area contributed by atoms with Gasteiger partial charge in [-0.25, -0.2) is 15.6 Å². The Kier molecular flexibility index (Phi) is 47.2. The summed E-state index contributed by atoms with van der Waals surface area (Å²) < 4.78 is 7.17. The molecule has 0 spiro atoms. The predicted octanol–water partition coefficient (Wildman–Crippen LogP) is -9.00. The van der Waals surface area contributed by atoms with Crippen molar-refractivity contribution in [2.75, 3.05) is 29.6 Å². The Morgan fingerprint density at radius 3 is 1.06 bits per heavy atom. The van der Waals surface area contributed by atoms with Gasteiger partial charge in [0.15, 0.2) is 0 Å². The number of nitrogens with two attached hydrogens (primary N) is 2. The first-order chi connectivity index (χ1) is 52.9. The minimum absolute atomic E-state index is 0.0705. The molecule has 16 atom stereocenters. The molecule has 0 aromatic heterocycles. The van der Waals surface area contributed by atoms with Crippen molar-refractivity contribution in [1.29, 1.82) is 0 Å². The van der Waals surface area contributed by atoms with Crippen LogP contribution in [0.1, 0.15) is 128 Å². The van der Waals surface area contributed by atoms with Crippen molar-refractivity contribution in [3.63, 3.8) is 0 Å². The highest BCUT2D eigenvalue weighted by atomic mass is 32.1.